The SMILES string of the molecule is O=C(NCc1cccn2nccc12)c1cccc2c1OCCO2. The van der Waals surface area contributed by atoms with E-state index in [1.54, 1.807) is 28.9 Å². The number of aromatic nitrogens is 2. The molecule has 0 saturated carbocycles. The van der Waals surface area contributed by atoms with Gasteiger partial charge in [-0.25, -0.2) is 4.52 Å². The Hall–Kier alpha value is -3.02. The summed E-state index contributed by atoms with van der Waals surface area (Å²) in [6.45, 7) is 1.37. The number of para-hydroxylation sites is 1. The molecule has 1 amide bonds. The summed E-state index contributed by atoms with van der Waals surface area (Å²) in [7, 11) is 0. The Kier molecular flexibility index (Phi) is 3.34. The first-order chi connectivity index (χ1) is 11.3. The van der Waals surface area contributed by atoms with E-state index in [2.05, 4.69) is 10.4 Å². The number of nitrogens with zero attached hydrogens (tertiary/aromatic N) is 2. The smallest absolute Gasteiger partial charge is 0.255 e. The van der Waals surface area contributed by atoms with Gasteiger partial charge in [-0.05, 0) is 29.8 Å². The van der Waals surface area contributed by atoms with Crippen LogP contribution < -0.4 is 14.8 Å². The van der Waals surface area contributed by atoms with Gasteiger partial charge < -0.3 is 14.8 Å². The van der Waals surface area contributed by atoms with Crippen LogP contribution in [0.15, 0.2) is 48.8 Å². The predicted octanol–water partition coefficient (Wildman–Crippen LogP) is 2.04. The molecule has 1 aromatic carbocycles. The maximum Gasteiger partial charge on any atom is 0.255 e. The Bertz CT molecular complexity index is 872. The van der Waals surface area contributed by atoms with Gasteiger partial charge in [0.2, 0.25) is 0 Å². The van der Waals surface area contributed by atoms with E-state index < -0.39 is 0 Å². The lowest BCUT2D eigenvalue weighted by Gasteiger charge is -2.20. The first-order valence-electron chi connectivity index (χ1n) is 7.41. The summed E-state index contributed by atoms with van der Waals surface area (Å²) >= 11 is 0. The topological polar surface area (TPSA) is 64.9 Å². The Morgan fingerprint density at radius 3 is 3.04 bits per heavy atom. The van der Waals surface area contributed by atoms with Crippen LogP contribution in [0.4, 0.5) is 0 Å². The fourth-order valence-corrected chi connectivity index (χ4v) is 2.69. The van der Waals surface area contributed by atoms with Crippen LogP contribution in [0.1, 0.15) is 15.9 Å². The standard InChI is InChI=1S/C17H15N3O3/c21-17(13-4-1-5-15-16(13)23-10-9-22-15)18-11-12-3-2-8-20-14(12)6-7-19-20/h1-8H,9-11H2,(H,18,21). The molecule has 6 heteroatoms. The van der Waals surface area contributed by atoms with Crippen molar-refractivity contribution in [2.24, 2.45) is 0 Å². The molecule has 0 saturated heterocycles. The molecule has 116 valence electrons. The Labute approximate surface area is 132 Å². The van der Waals surface area contributed by atoms with Gasteiger partial charge in [0.25, 0.3) is 5.91 Å². The molecular weight excluding hydrogens is 294 g/mol. The van der Waals surface area contributed by atoms with Crippen LogP contribution in [-0.2, 0) is 6.54 Å². The van der Waals surface area contributed by atoms with Gasteiger partial charge in [0.1, 0.15) is 13.2 Å². The van der Waals surface area contributed by atoms with Gasteiger partial charge in [-0.1, -0.05) is 12.1 Å². The van der Waals surface area contributed by atoms with Crippen molar-refractivity contribution in [1.82, 2.24) is 14.9 Å². The molecule has 0 unspecified atom stereocenters. The molecule has 6 nitrogen and oxygen atoms in total. The third-order valence-corrected chi connectivity index (χ3v) is 3.77. The molecule has 4 rings (SSSR count). The van der Waals surface area contributed by atoms with Crippen LogP contribution in [0.3, 0.4) is 0 Å². The van der Waals surface area contributed by atoms with Crippen LogP contribution >= 0.6 is 0 Å². The minimum Gasteiger partial charge on any atom is -0.486 e. The molecule has 0 atom stereocenters. The number of ether oxygens (including phenoxy) is 2. The zero-order valence-corrected chi connectivity index (χ0v) is 12.4. The molecule has 0 bridgehead atoms. The summed E-state index contributed by atoms with van der Waals surface area (Å²) in [4.78, 5) is 12.5. The van der Waals surface area contributed by atoms with E-state index in [1.807, 2.05) is 24.4 Å². The van der Waals surface area contributed by atoms with Gasteiger partial charge in [-0.3, -0.25) is 4.79 Å². The minimum atomic E-state index is -0.186. The first-order valence-corrected chi connectivity index (χ1v) is 7.41. The third-order valence-electron chi connectivity index (χ3n) is 3.77. The van der Waals surface area contributed by atoms with E-state index in [0.29, 0.717) is 36.8 Å². The van der Waals surface area contributed by atoms with E-state index in [-0.39, 0.29) is 5.91 Å². The molecule has 1 aliphatic heterocycles. The average Bonchev–Trinajstić information content (AvgIpc) is 3.08. The van der Waals surface area contributed by atoms with E-state index in [4.69, 9.17) is 9.47 Å². The molecule has 23 heavy (non-hydrogen) atoms. The Morgan fingerprint density at radius 1 is 1.17 bits per heavy atom. The highest BCUT2D eigenvalue weighted by Crippen LogP contribution is 2.33. The molecular formula is C17H15N3O3. The van der Waals surface area contributed by atoms with Crippen molar-refractivity contribution in [3.05, 3.63) is 59.9 Å². The highest BCUT2D eigenvalue weighted by Gasteiger charge is 2.20. The normalized spacial score (nSPS) is 13.0. The number of hydrogen-bond donors (Lipinski definition) is 1. The number of nitrogens with one attached hydrogen (secondary N) is 1. The number of rotatable bonds is 3. The second-order valence-electron chi connectivity index (χ2n) is 5.21. The zero-order valence-electron chi connectivity index (χ0n) is 12.4. The maximum atomic E-state index is 12.5. The van der Waals surface area contributed by atoms with Gasteiger partial charge in [-0.2, -0.15) is 5.10 Å². The Morgan fingerprint density at radius 2 is 2.09 bits per heavy atom. The molecule has 0 radical (unpaired) electrons. The van der Waals surface area contributed by atoms with Crippen molar-refractivity contribution < 1.29 is 14.3 Å². The van der Waals surface area contributed by atoms with Gasteiger partial charge in [0, 0.05) is 18.9 Å². The van der Waals surface area contributed by atoms with Crippen molar-refractivity contribution >= 4 is 11.4 Å². The maximum absolute atomic E-state index is 12.5. The summed E-state index contributed by atoms with van der Waals surface area (Å²) in [5, 5.41) is 7.12. The van der Waals surface area contributed by atoms with E-state index in [1.165, 1.54) is 0 Å². The summed E-state index contributed by atoms with van der Waals surface area (Å²) in [5.74, 6) is 0.939. The summed E-state index contributed by atoms with van der Waals surface area (Å²) in [6.07, 6.45) is 3.61. The van der Waals surface area contributed by atoms with Crippen LogP contribution in [-0.4, -0.2) is 28.7 Å². The van der Waals surface area contributed by atoms with E-state index >= 15 is 0 Å². The molecule has 0 aliphatic carbocycles. The van der Waals surface area contributed by atoms with E-state index in [0.717, 1.165) is 11.1 Å². The molecule has 1 N–H and O–H groups in total. The lowest BCUT2D eigenvalue weighted by Crippen LogP contribution is -2.25. The summed E-state index contributed by atoms with van der Waals surface area (Å²) in [6, 6.07) is 11.1. The number of carbonyl (C=O) groups excluding carboxylic acids is 1. The van der Waals surface area contributed by atoms with Crippen molar-refractivity contribution in [1.29, 1.82) is 0 Å². The number of hydrogen-bond acceptors (Lipinski definition) is 4. The molecule has 3 aromatic rings. The lowest BCUT2D eigenvalue weighted by atomic mass is 10.1. The number of pyridine rings is 1. The largest absolute Gasteiger partial charge is 0.486 e. The second kappa shape index (κ2) is 5.64. The van der Waals surface area contributed by atoms with Gasteiger partial charge >= 0.3 is 0 Å². The third kappa shape index (κ3) is 2.48. The number of amides is 1. The molecule has 3 heterocycles. The fourth-order valence-electron chi connectivity index (χ4n) is 2.69. The van der Waals surface area contributed by atoms with Crippen molar-refractivity contribution in [3.63, 3.8) is 0 Å². The van der Waals surface area contributed by atoms with Crippen LogP contribution in [0.25, 0.3) is 5.52 Å². The highest BCUT2D eigenvalue weighted by atomic mass is 16.6. The molecule has 1 aliphatic rings. The number of carbonyl (C=O) groups is 1. The van der Waals surface area contributed by atoms with Crippen LogP contribution in [0, 0.1) is 0 Å². The van der Waals surface area contributed by atoms with Gasteiger partial charge in [0.15, 0.2) is 11.5 Å². The second-order valence-corrected chi connectivity index (χ2v) is 5.21. The summed E-state index contributed by atoms with van der Waals surface area (Å²) in [5.41, 5.74) is 2.46. The number of benzene rings is 1. The average molecular weight is 309 g/mol. The van der Waals surface area contributed by atoms with Crippen LogP contribution in [0.5, 0.6) is 11.5 Å². The zero-order chi connectivity index (χ0) is 15.6. The monoisotopic (exact) mass is 309 g/mol. The summed E-state index contributed by atoms with van der Waals surface area (Å²) < 4.78 is 12.9. The van der Waals surface area contributed by atoms with Gasteiger partial charge in [-0.15, -0.1) is 0 Å². The Balaban J connectivity index is 1.56. The van der Waals surface area contributed by atoms with Crippen LogP contribution in [0.2, 0.25) is 0 Å². The van der Waals surface area contributed by atoms with Gasteiger partial charge in [0.05, 0.1) is 11.1 Å². The highest BCUT2D eigenvalue weighted by molar-refractivity contribution is 5.97. The quantitative estimate of drug-likeness (QED) is 0.804. The predicted molar refractivity (Wildman–Crippen MR) is 83.8 cm³/mol. The lowest BCUT2D eigenvalue weighted by molar-refractivity contribution is 0.0940. The first kappa shape index (κ1) is 13.6. The van der Waals surface area contributed by atoms with Crippen molar-refractivity contribution in [3.8, 4) is 11.5 Å². The van der Waals surface area contributed by atoms with E-state index in [9.17, 15) is 4.79 Å². The number of fused-ring (bicyclic) bond motifs is 2. The minimum absolute atomic E-state index is 0.186. The van der Waals surface area contributed by atoms with Crippen molar-refractivity contribution in [2.45, 2.75) is 6.54 Å². The molecule has 0 fully saturated rings. The molecule has 2 aromatic heterocycles. The van der Waals surface area contributed by atoms with Crippen molar-refractivity contribution in [2.75, 3.05) is 13.2 Å². The fraction of sp³-hybridized carbons (Fsp3) is 0.176. The molecule has 0 spiro atoms.